The molecule has 0 spiro atoms. The van der Waals surface area contributed by atoms with E-state index in [1.54, 1.807) is 6.92 Å². The standard InChI is InChI=1S/C16H21NO3/c1-11(16(18)19)17(14-3-4-14)8-6-12-2-5-15-13(10-12)7-9-20-15/h2,5,10-11,14H,3-4,6-9H2,1H3,(H,18,19). The first-order chi connectivity index (χ1) is 9.65. The maximum absolute atomic E-state index is 11.2. The summed E-state index contributed by atoms with van der Waals surface area (Å²) in [6.07, 6.45) is 4.16. The summed E-state index contributed by atoms with van der Waals surface area (Å²) in [5.74, 6) is 0.283. The van der Waals surface area contributed by atoms with Gasteiger partial charge in [-0.1, -0.05) is 12.1 Å². The number of ether oxygens (including phenoxy) is 1. The number of rotatable bonds is 6. The van der Waals surface area contributed by atoms with Crippen LogP contribution in [0.3, 0.4) is 0 Å². The molecule has 3 rings (SSSR count). The van der Waals surface area contributed by atoms with E-state index in [9.17, 15) is 9.90 Å². The van der Waals surface area contributed by atoms with E-state index in [1.165, 1.54) is 11.1 Å². The van der Waals surface area contributed by atoms with Gasteiger partial charge in [0.25, 0.3) is 0 Å². The normalized spacial score (nSPS) is 18.7. The number of aliphatic carboxylic acids is 1. The molecule has 0 amide bonds. The zero-order valence-corrected chi connectivity index (χ0v) is 11.8. The first-order valence-electron chi connectivity index (χ1n) is 7.38. The van der Waals surface area contributed by atoms with Crippen molar-refractivity contribution in [2.24, 2.45) is 0 Å². The van der Waals surface area contributed by atoms with Crippen LogP contribution in [0.5, 0.6) is 5.75 Å². The summed E-state index contributed by atoms with van der Waals surface area (Å²) in [6.45, 7) is 3.39. The second-order valence-electron chi connectivity index (χ2n) is 5.77. The molecule has 108 valence electrons. The smallest absolute Gasteiger partial charge is 0.320 e. The number of fused-ring (bicyclic) bond motifs is 1. The van der Waals surface area contributed by atoms with E-state index in [0.29, 0.717) is 6.04 Å². The van der Waals surface area contributed by atoms with Crippen LogP contribution in [0.4, 0.5) is 0 Å². The third-order valence-electron chi connectivity index (χ3n) is 4.28. The summed E-state index contributed by atoms with van der Waals surface area (Å²) in [5, 5.41) is 9.19. The van der Waals surface area contributed by atoms with Gasteiger partial charge in [0.15, 0.2) is 0 Å². The van der Waals surface area contributed by atoms with E-state index in [-0.39, 0.29) is 6.04 Å². The number of benzene rings is 1. The van der Waals surface area contributed by atoms with Crippen molar-refractivity contribution in [1.29, 1.82) is 0 Å². The molecule has 1 unspecified atom stereocenters. The van der Waals surface area contributed by atoms with E-state index >= 15 is 0 Å². The van der Waals surface area contributed by atoms with Gasteiger partial charge in [-0.3, -0.25) is 9.69 Å². The van der Waals surface area contributed by atoms with Crippen LogP contribution in [-0.4, -0.2) is 41.2 Å². The summed E-state index contributed by atoms with van der Waals surface area (Å²) in [6, 6.07) is 6.43. The molecule has 1 fully saturated rings. The number of hydrogen-bond donors (Lipinski definition) is 1. The molecule has 1 aromatic rings. The monoisotopic (exact) mass is 275 g/mol. The molecule has 1 aromatic carbocycles. The first-order valence-corrected chi connectivity index (χ1v) is 7.38. The van der Waals surface area contributed by atoms with Gasteiger partial charge >= 0.3 is 5.97 Å². The molecule has 1 aliphatic carbocycles. The van der Waals surface area contributed by atoms with Gasteiger partial charge in [-0.05, 0) is 43.4 Å². The minimum Gasteiger partial charge on any atom is -0.493 e. The van der Waals surface area contributed by atoms with Crippen LogP contribution in [-0.2, 0) is 17.6 Å². The molecule has 1 heterocycles. The van der Waals surface area contributed by atoms with Crippen molar-refractivity contribution in [1.82, 2.24) is 4.90 Å². The summed E-state index contributed by atoms with van der Waals surface area (Å²) < 4.78 is 5.51. The average Bonchev–Trinajstić information content (AvgIpc) is 3.16. The van der Waals surface area contributed by atoms with Crippen molar-refractivity contribution in [2.75, 3.05) is 13.2 Å². The zero-order valence-electron chi connectivity index (χ0n) is 11.8. The van der Waals surface area contributed by atoms with Gasteiger partial charge in [-0.15, -0.1) is 0 Å². The fourth-order valence-corrected chi connectivity index (χ4v) is 2.89. The Morgan fingerprint density at radius 1 is 1.50 bits per heavy atom. The van der Waals surface area contributed by atoms with E-state index < -0.39 is 5.97 Å². The van der Waals surface area contributed by atoms with Crippen molar-refractivity contribution in [3.63, 3.8) is 0 Å². The van der Waals surface area contributed by atoms with Gasteiger partial charge in [0.2, 0.25) is 0 Å². The predicted octanol–water partition coefficient (Wildman–Crippen LogP) is 2.10. The molecule has 1 saturated carbocycles. The van der Waals surface area contributed by atoms with Gasteiger partial charge < -0.3 is 9.84 Å². The molecule has 0 aromatic heterocycles. The SMILES string of the molecule is CC(C(=O)O)N(CCc1ccc2c(c1)CCO2)C1CC1. The molecular formula is C16H21NO3. The van der Waals surface area contributed by atoms with Gasteiger partial charge in [0, 0.05) is 19.0 Å². The third kappa shape index (κ3) is 2.80. The quantitative estimate of drug-likeness (QED) is 0.864. The van der Waals surface area contributed by atoms with Crippen LogP contribution >= 0.6 is 0 Å². The van der Waals surface area contributed by atoms with Crippen molar-refractivity contribution >= 4 is 5.97 Å². The molecule has 1 aliphatic heterocycles. The maximum atomic E-state index is 11.2. The number of nitrogens with zero attached hydrogens (tertiary/aromatic N) is 1. The predicted molar refractivity (Wildman–Crippen MR) is 76.2 cm³/mol. The Balaban J connectivity index is 1.64. The van der Waals surface area contributed by atoms with E-state index in [2.05, 4.69) is 17.0 Å². The highest BCUT2D eigenvalue weighted by Gasteiger charge is 2.34. The molecule has 4 nitrogen and oxygen atoms in total. The lowest BCUT2D eigenvalue weighted by Gasteiger charge is -2.26. The molecule has 0 saturated heterocycles. The fraction of sp³-hybridized carbons (Fsp3) is 0.562. The Bertz CT molecular complexity index is 510. The largest absolute Gasteiger partial charge is 0.493 e. The Morgan fingerprint density at radius 2 is 2.30 bits per heavy atom. The topological polar surface area (TPSA) is 49.8 Å². The van der Waals surface area contributed by atoms with Crippen LogP contribution in [0, 0.1) is 0 Å². The van der Waals surface area contributed by atoms with Crippen molar-refractivity contribution in [3.8, 4) is 5.75 Å². The highest BCUT2D eigenvalue weighted by molar-refractivity contribution is 5.73. The summed E-state index contributed by atoms with van der Waals surface area (Å²) in [5.41, 5.74) is 2.56. The average molecular weight is 275 g/mol. The maximum Gasteiger partial charge on any atom is 0.320 e. The third-order valence-corrected chi connectivity index (χ3v) is 4.28. The molecular weight excluding hydrogens is 254 g/mol. The lowest BCUT2D eigenvalue weighted by atomic mass is 10.1. The Hall–Kier alpha value is -1.55. The summed E-state index contributed by atoms with van der Waals surface area (Å²) in [7, 11) is 0. The minimum absolute atomic E-state index is 0.389. The Kier molecular flexibility index (Phi) is 3.66. The van der Waals surface area contributed by atoms with Gasteiger partial charge in [-0.2, -0.15) is 0 Å². The molecule has 0 bridgehead atoms. The summed E-state index contributed by atoms with van der Waals surface area (Å²) in [4.78, 5) is 13.3. The number of carbonyl (C=O) groups is 1. The lowest BCUT2D eigenvalue weighted by molar-refractivity contribution is -0.142. The first kappa shape index (κ1) is 13.4. The van der Waals surface area contributed by atoms with E-state index in [1.807, 2.05) is 6.07 Å². The van der Waals surface area contributed by atoms with Crippen LogP contribution in [0.2, 0.25) is 0 Å². The van der Waals surface area contributed by atoms with E-state index in [4.69, 9.17) is 4.74 Å². The lowest BCUT2D eigenvalue weighted by Crippen LogP contribution is -2.41. The van der Waals surface area contributed by atoms with E-state index in [0.717, 1.165) is 44.6 Å². The fourth-order valence-electron chi connectivity index (χ4n) is 2.89. The van der Waals surface area contributed by atoms with Crippen LogP contribution in [0.15, 0.2) is 18.2 Å². The summed E-state index contributed by atoms with van der Waals surface area (Å²) >= 11 is 0. The van der Waals surface area contributed by atoms with Crippen LogP contribution in [0.1, 0.15) is 30.9 Å². The number of carboxylic acids is 1. The van der Waals surface area contributed by atoms with Gasteiger partial charge in [0.1, 0.15) is 11.8 Å². The zero-order chi connectivity index (χ0) is 14.1. The Labute approximate surface area is 119 Å². The van der Waals surface area contributed by atoms with Gasteiger partial charge in [0.05, 0.1) is 6.61 Å². The molecule has 1 N–H and O–H groups in total. The highest BCUT2D eigenvalue weighted by Crippen LogP contribution is 2.30. The Morgan fingerprint density at radius 3 is 3.00 bits per heavy atom. The highest BCUT2D eigenvalue weighted by atomic mass is 16.5. The molecule has 4 heteroatoms. The van der Waals surface area contributed by atoms with Crippen molar-refractivity contribution in [3.05, 3.63) is 29.3 Å². The van der Waals surface area contributed by atoms with Crippen LogP contribution in [0.25, 0.3) is 0 Å². The molecule has 0 radical (unpaired) electrons. The van der Waals surface area contributed by atoms with Crippen molar-refractivity contribution in [2.45, 2.75) is 44.7 Å². The molecule has 1 atom stereocenters. The molecule has 20 heavy (non-hydrogen) atoms. The molecule has 2 aliphatic rings. The second-order valence-corrected chi connectivity index (χ2v) is 5.77. The van der Waals surface area contributed by atoms with Crippen molar-refractivity contribution < 1.29 is 14.6 Å². The second kappa shape index (κ2) is 5.44. The number of carboxylic acid groups (broad SMARTS) is 1. The minimum atomic E-state index is -0.723. The van der Waals surface area contributed by atoms with Crippen LogP contribution < -0.4 is 4.74 Å². The number of hydrogen-bond acceptors (Lipinski definition) is 3. The van der Waals surface area contributed by atoms with Gasteiger partial charge in [-0.25, -0.2) is 0 Å².